The van der Waals surface area contributed by atoms with Crippen molar-refractivity contribution in [2.24, 2.45) is 0 Å². The summed E-state index contributed by atoms with van der Waals surface area (Å²) in [5, 5.41) is 4.21. The smallest absolute Gasteiger partial charge is 0.232 e. The minimum atomic E-state index is 0.0644. The Labute approximate surface area is 118 Å². The van der Waals surface area contributed by atoms with E-state index in [1.165, 1.54) is 4.88 Å². The fourth-order valence-corrected chi connectivity index (χ4v) is 2.52. The summed E-state index contributed by atoms with van der Waals surface area (Å²) in [6, 6.07) is 0.0644. The number of nitrogens with one attached hydrogen (secondary N) is 1. The lowest BCUT2D eigenvalue weighted by Crippen LogP contribution is -2.09. The maximum absolute atomic E-state index is 5.13. The van der Waals surface area contributed by atoms with Crippen LogP contribution in [0.2, 0.25) is 0 Å². The van der Waals surface area contributed by atoms with Crippen molar-refractivity contribution in [1.82, 2.24) is 15.0 Å². The fourth-order valence-electron chi connectivity index (χ4n) is 1.39. The summed E-state index contributed by atoms with van der Waals surface area (Å²) in [6.45, 7) is 4.06. The Morgan fingerprint density at radius 2 is 2.17 bits per heavy atom. The first-order valence-electron chi connectivity index (χ1n) is 5.35. The third-order valence-electron chi connectivity index (χ3n) is 2.26. The molecule has 1 unspecified atom stereocenters. The quantitative estimate of drug-likeness (QED) is 0.933. The van der Waals surface area contributed by atoms with E-state index in [1.54, 1.807) is 24.6 Å². The number of nitrogens with zero attached hydrogens (tertiary/aromatic N) is 3. The van der Waals surface area contributed by atoms with Gasteiger partial charge < -0.3 is 10.1 Å². The van der Waals surface area contributed by atoms with Crippen molar-refractivity contribution in [1.29, 1.82) is 0 Å². The number of anilines is 1. The summed E-state index contributed by atoms with van der Waals surface area (Å²) in [6.07, 6.45) is 3.52. The van der Waals surface area contributed by atoms with Gasteiger partial charge in [-0.2, -0.15) is 4.98 Å². The zero-order valence-corrected chi connectivity index (χ0v) is 12.7. The Hall–Kier alpha value is -1.21. The van der Waals surface area contributed by atoms with Gasteiger partial charge in [-0.1, -0.05) is 0 Å². The van der Waals surface area contributed by atoms with Gasteiger partial charge in [-0.05, 0) is 29.8 Å². The van der Waals surface area contributed by atoms with Crippen LogP contribution in [0.3, 0.4) is 0 Å². The van der Waals surface area contributed by atoms with Crippen molar-refractivity contribution in [3.05, 3.63) is 26.8 Å². The molecule has 2 rings (SSSR count). The lowest BCUT2D eigenvalue weighted by molar-refractivity contribution is 0.394. The first-order chi connectivity index (χ1) is 8.60. The molecule has 0 saturated carbocycles. The summed E-state index contributed by atoms with van der Waals surface area (Å²) >= 11 is 4.98. The van der Waals surface area contributed by atoms with E-state index in [2.05, 4.69) is 36.2 Å². The van der Waals surface area contributed by atoms with Crippen LogP contribution in [0.1, 0.15) is 22.9 Å². The molecule has 0 spiro atoms. The third kappa shape index (κ3) is 2.97. The molecule has 0 saturated heterocycles. The number of methoxy groups -OCH3 is 1. The topological polar surface area (TPSA) is 59.9 Å². The van der Waals surface area contributed by atoms with Gasteiger partial charge in [0.1, 0.15) is 5.01 Å². The van der Waals surface area contributed by atoms with E-state index in [-0.39, 0.29) is 6.04 Å². The van der Waals surface area contributed by atoms with E-state index in [9.17, 15) is 0 Å². The Morgan fingerprint density at radius 3 is 2.78 bits per heavy atom. The number of aromatic nitrogens is 3. The maximum Gasteiger partial charge on any atom is 0.232 e. The lowest BCUT2D eigenvalue weighted by Gasteiger charge is -2.11. The second-order valence-electron chi connectivity index (χ2n) is 3.73. The number of rotatable bonds is 4. The monoisotopic (exact) mass is 328 g/mol. The second-order valence-corrected chi connectivity index (χ2v) is 5.85. The highest BCUT2D eigenvalue weighted by atomic mass is 79.9. The van der Waals surface area contributed by atoms with Gasteiger partial charge >= 0.3 is 0 Å². The summed E-state index contributed by atoms with van der Waals surface area (Å²) < 4.78 is 5.86. The predicted octanol–water partition coefficient (Wildman–Crippen LogP) is 3.19. The van der Waals surface area contributed by atoms with E-state index in [0.29, 0.717) is 11.8 Å². The molecule has 2 heterocycles. The molecule has 7 heteroatoms. The van der Waals surface area contributed by atoms with Gasteiger partial charge in [0, 0.05) is 11.1 Å². The maximum atomic E-state index is 5.13. The summed E-state index contributed by atoms with van der Waals surface area (Å²) in [7, 11) is 1.57. The second kappa shape index (κ2) is 5.62. The SMILES string of the molecule is COc1nc(NC(C)c2ncc(C)s2)ncc1Br. The van der Waals surface area contributed by atoms with Crippen molar-refractivity contribution < 1.29 is 4.74 Å². The number of aryl methyl sites for hydroxylation is 1. The van der Waals surface area contributed by atoms with E-state index < -0.39 is 0 Å². The highest BCUT2D eigenvalue weighted by molar-refractivity contribution is 9.10. The Kier molecular flexibility index (Phi) is 4.13. The first-order valence-corrected chi connectivity index (χ1v) is 6.96. The zero-order valence-electron chi connectivity index (χ0n) is 10.3. The molecule has 1 atom stereocenters. The highest BCUT2D eigenvalue weighted by Crippen LogP contribution is 2.25. The molecule has 0 bridgehead atoms. The van der Waals surface area contributed by atoms with Crippen LogP contribution in [-0.4, -0.2) is 22.1 Å². The lowest BCUT2D eigenvalue weighted by atomic mass is 10.3. The van der Waals surface area contributed by atoms with Crippen LogP contribution in [0, 0.1) is 6.92 Å². The largest absolute Gasteiger partial charge is 0.480 e. The molecule has 1 N–H and O–H groups in total. The average molecular weight is 329 g/mol. The molecule has 0 aliphatic carbocycles. The van der Waals surface area contributed by atoms with Crippen molar-refractivity contribution >= 4 is 33.2 Å². The van der Waals surface area contributed by atoms with E-state index in [0.717, 1.165) is 9.48 Å². The van der Waals surface area contributed by atoms with Gasteiger partial charge in [-0.15, -0.1) is 11.3 Å². The van der Waals surface area contributed by atoms with Crippen molar-refractivity contribution in [2.75, 3.05) is 12.4 Å². The number of hydrogen-bond donors (Lipinski definition) is 1. The van der Waals surface area contributed by atoms with E-state index >= 15 is 0 Å². The number of thiazole rings is 1. The highest BCUT2D eigenvalue weighted by Gasteiger charge is 2.12. The van der Waals surface area contributed by atoms with Crippen LogP contribution in [0.4, 0.5) is 5.95 Å². The van der Waals surface area contributed by atoms with Crippen LogP contribution in [-0.2, 0) is 0 Å². The minimum Gasteiger partial charge on any atom is -0.480 e. The molecule has 0 amide bonds. The van der Waals surface area contributed by atoms with Gasteiger partial charge in [-0.25, -0.2) is 9.97 Å². The number of hydrogen-bond acceptors (Lipinski definition) is 6. The molecule has 18 heavy (non-hydrogen) atoms. The Balaban J connectivity index is 2.14. The first kappa shape index (κ1) is 13.2. The summed E-state index contributed by atoms with van der Waals surface area (Å²) in [5.41, 5.74) is 0. The van der Waals surface area contributed by atoms with Crippen LogP contribution in [0.15, 0.2) is 16.9 Å². The Bertz CT molecular complexity index is 546. The normalized spacial score (nSPS) is 12.2. The van der Waals surface area contributed by atoms with Gasteiger partial charge in [0.05, 0.1) is 23.8 Å². The molecule has 0 radical (unpaired) electrons. The van der Waals surface area contributed by atoms with Crippen LogP contribution < -0.4 is 10.1 Å². The van der Waals surface area contributed by atoms with E-state index in [1.807, 2.05) is 20.0 Å². The van der Waals surface area contributed by atoms with Gasteiger partial charge in [0.25, 0.3) is 0 Å². The Morgan fingerprint density at radius 1 is 1.39 bits per heavy atom. The van der Waals surface area contributed by atoms with Crippen molar-refractivity contribution in [3.63, 3.8) is 0 Å². The number of halogens is 1. The zero-order chi connectivity index (χ0) is 13.1. The fraction of sp³-hybridized carbons (Fsp3) is 0.364. The standard InChI is InChI=1S/C11H13BrN4OS/c1-6-4-13-10(18-6)7(2)15-11-14-5-8(12)9(16-11)17-3/h4-5,7H,1-3H3,(H,14,15,16). The third-order valence-corrected chi connectivity index (χ3v) is 3.90. The van der Waals surface area contributed by atoms with Crippen LogP contribution in [0.5, 0.6) is 5.88 Å². The molecule has 5 nitrogen and oxygen atoms in total. The molecule has 96 valence electrons. The summed E-state index contributed by atoms with van der Waals surface area (Å²) in [4.78, 5) is 14.0. The van der Waals surface area contributed by atoms with Crippen LogP contribution in [0.25, 0.3) is 0 Å². The number of ether oxygens (including phenoxy) is 1. The van der Waals surface area contributed by atoms with Gasteiger partial charge in [0.15, 0.2) is 0 Å². The molecule has 0 aliphatic heterocycles. The molecule has 2 aromatic heterocycles. The molecular weight excluding hydrogens is 316 g/mol. The summed E-state index contributed by atoms with van der Waals surface area (Å²) in [5.74, 6) is 1.03. The molecule has 2 aromatic rings. The van der Waals surface area contributed by atoms with Crippen molar-refractivity contribution in [2.45, 2.75) is 19.9 Å². The molecule has 0 aromatic carbocycles. The predicted molar refractivity (Wildman–Crippen MR) is 75.2 cm³/mol. The minimum absolute atomic E-state index is 0.0644. The van der Waals surface area contributed by atoms with Gasteiger partial charge in [0.2, 0.25) is 11.8 Å². The van der Waals surface area contributed by atoms with Crippen LogP contribution >= 0.6 is 27.3 Å². The van der Waals surface area contributed by atoms with Gasteiger partial charge in [-0.3, -0.25) is 0 Å². The molecular formula is C11H13BrN4OS. The van der Waals surface area contributed by atoms with E-state index in [4.69, 9.17) is 4.74 Å². The molecule has 0 aliphatic rings. The van der Waals surface area contributed by atoms with Crippen molar-refractivity contribution in [3.8, 4) is 5.88 Å². The average Bonchev–Trinajstić information content (AvgIpc) is 2.78. The molecule has 0 fully saturated rings.